The molecule has 82 valence electrons. The molecule has 4 nitrogen and oxygen atoms in total. The van der Waals surface area contributed by atoms with Gasteiger partial charge in [0.2, 0.25) is 5.91 Å². The average molecular weight is 216 g/mol. The summed E-state index contributed by atoms with van der Waals surface area (Å²) in [5, 5.41) is 2.74. The summed E-state index contributed by atoms with van der Waals surface area (Å²) in [4.78, 5) is 26.2. The van der Waals surface area contributed by atoms with Crippen LogP contribution in [0.1, 0.15) is 28.4 Å². The maximum Gasteiger partial charge on any atom is 0.276 e. The van der Waals surface area contributed by atoms with Crippen molar-refractivity contribution in [3.8, 4) is 0 Å². The molecule has 1 aliphatic rings. The van der Waals surface area contributed by atoms with Gasteiger partial charge in [-0.3, -0.25) is 9.59 Å². The van der Waals surface area contributed by atoms with Gasteiger partial charge in [-0.1, -0.05) is 0 Å². The average Bonchev–Trinajstić information content (AvgIpc) is 2.23. The van der Waals surface area contributed by atoms with E-state index in [0.717, 1.165) is 16.8 Å². The standard InChI is InChI=1S/C12H12N2O2/c1-7-9-5-6-13-12(16)10(9)3-4-11(7)14-8(2)15/h3-4,6H,5H2,1-2H3,(H,14,15). The van der Waals surface area contributed by atoms with E-state index >= 15 is 0 Å². The molecule has 2 amide bonds. The summed E-state index contributed by atoms with van der Waals surface area (Å²) in [7, 11) is 0. The molecule has 1 aliphatic heterocycles. The summed E-state index contributed by atoms with van der Waals surface area (Å²) in [6.07, 6.45) is 2.25. The van der Waals surface area contributed by atoms with Gasteiger partial charge in [-0.05, 0) is 30.2 Å². The maximum atomic E-state index is 11.5. The number of carbonyl (C=O) groups excluding carboxylic acids is 2. The van der Waals surface area contributed by atoms with E-state index in [1.165, 1.54) is 6.92 Å². The van der Waals surface area contributed by atoms with E-state index in [1.54, 1.807) is 18.3 Å². The molecule has 0 radical (unpaired) electrons. The topological polar surface area (TPSA) is 58.5 Å². The van der Waals surface area contributed by atoms with Crippen LogP contribution in [-0.2, 0) is 11.2 Å². The van der Waals surface area contributed by atoms with E-state index in [9.17, 15) is 9.59 Å². The molecule has 1 aromatic rings. The lowest BCUT2D eigenvalue weighted by atomic mass is 9.95. The Balaban J connectivity index is 2.49. The Morgan fingerprint density at radius 1 is 1.44 bits per heavy atom. The van der Waals surface area contributed by atoms with Crippen molar-refractivity contribution >= 4 is 23.7 Å². The molecule has 0 saturated heterocycles. The van der Waals surface area contributed by atoms with Gasteiger partial charge in [0.05, 0.1) is 0 Å². The summed E-state index contributed by atoms with van der Waals surface area (Å²) >= 11 is 0. The van der Waals surface area contributed by atoms with Crippen molar-refractivity contribution in [3.05, 3.63) is 28.8 Å². The third-order valence-electron chi connectivity index (χ3n) is 2.64. The first kappa shape index (κ1) is 10.5. The van der Waals surface area contributed by atoms with Crippen molar-refractivity contribution in [2.24, 2.45) is 4.99 Å². The molecule has 1 N–H and O–H groups in total. The van der Waals surface area contributed by atoms with Gasteiger partial charge < -0.3 is 5.32 Å². The van der Waals surface area contributed by atoms with E-state index in [1.807, 2.05) is 6.92 Å². The minimum Gasteiger partial charge on any atom is -0.326 e. The SMILES string of the molecule is CC(=O)Nc1ccc2c(c1C)CC=NC2=O. The van der Waals surface area contributed by atoms with Gasteiger partial charge in [0.1, 0.15) is 0 Å². The number of hydrogen-bond donors (Lipinski definition) is 1. The second-order valence-electron chi connectivity index (χ2n) is 3.77. The molecular weight excluding hydrogens is 204 g/mol. The van der Waals surface area contributed by atoms with Crippen LogP contribution in [0.25, 0.3) is 0 Å². The monoisotopic (exact) mass is 216 g/mol. The minimum atomic E-state index is -0.210. The molecule has 0 bridgehead atoms. The number of rotatable bonds is 1. The first-order valence-corrected chi connectivity index (χ1v) is 5.06. The minimum absolute atomic E-state index is 0.112. The Kier molecular flexibility index (Phi) is 2.56. The highest BCUT2D eigenvalue weighted by Crippen LogP contribution is 2.25. The fraction of sp³-hybridized carbons (Fsp3) is 0.250. The first-order chi connectivity index (χ1) is 7.59. The van der Waals surface area contributed by atoms with Crippen LogP contribution in [0.4, 0.5) is 5.69 Å². The fourth-order valence-electron chi connectivity index (χ4n) is 1.83. The van der Waals surface area contributed by atoms with Gasteiger partial charge >= 0.3 is 0 Å². The highest BCUT2D eigenvalue weighted by molar-refractivity contribution is 6.04. The van der Waals surface area contributed by atoms with Crippen molar-refractivity contribution in [1.29, 1.82) is 0 Å². The van der Waals surface area contributed by atoms with E-state index < -0.39 is 0 Å². The van der Waals surface area contributed by atoms with Crippen LogP contribution in [-0.4, -0.2) is 18.0 Å². The highest BCUT2D eigenvalue weighted by atomic mass is 16.2. The number of carbonyl (C=O) groups is 2. The number of nitrogens with zero attached hydrogens (tertiary/aromatic N) is 1. The van der Waals surface area contributed by atoms with Crippen LogP contribution in [0.15, 0.2) is 17.1 Å². The molecule has 0 saturated carbocycles. The van der Waals surface area contributed by atoms with Gasteiger partial charge in [0.25, 0.3) is 5.91 Å². The molecule has 0 unspecified atom stereocenters. The number of hydrogen-bond acceptors (Lipinski definition) is 2. The molecule has 2 rings (SSSR count). The molecule has 16 heavy (non-hydrogen) atoms. The Morgan fingerprint density at radius 2 is 2.19 bits per heavy atom. The van der Waals surface area contributed by atoms with E-state index in [2.05, 4.69) is 10.3 Å². The number of aliphatic imine (C=N–C) groups is 1. The van der Waals surface area contributed by atoms with Crippen molar-refractivity contribution in [2.45, 2.75) is 20.3 Å². The normalized spacial score (nSPS) is 13.5. The molecule has 1 aromatic carbocycles. The Labute approximate surface area is 93.4 Å². The van der Waals surface area contributed by atoms with Gasteiger partial charge in [-0.25, -0.2) is 4.99 Å². The number of nitrogens with one attached hydrogen (secondary N) is 1. The molecule has 4 heteroatoms. The fourth-order valence-corrected chi connectivity index (χ4v) is 1.83. The van der Waals surface area contributed by atoms with E-state index in [-0.39, 0.29) is 11.8 Å². The van der Waals surface area contributed by atoms with Crippen LogP contribution in [0.5, 0.6) is 0 Å². The van der Waals surface area contributed by atoms with Gasteiger partial charge in [-0.2, -0.15) is 0 Å². The Morgan fingerprint density at radius 3 is 2.88 bits per heavy atom. The number of amides is 2. The summed E-state index contributed by atoms with van der Waals surface area (Å²) in [5.74, 6) is -0.322. The predicted molar refractivity (Wildman–Crippen MR) is 62.0 cm³/mol. The molecule has 0 atom stereocenters. The summed E-state index contributed by atoms with van der Waals surface area (Å²) in [6, 6.07) is 3.46. The zero-order chi connectivity index (χ0) is 11.7. The molecule has 0 aromatic heterocycles. The largest absolute Gasteiger partial charge is 0.326 e. The number of fused-ring (bicyclic) bond motifs is 1. The van der Waals surface area contributed by atoms with Crippen LogP contribution < -0.4 is 5.32 Å². The molecule has 1 heterocycles. The smallest absolute Gasteiger partial charge is 0.276 e. The van der Waals surface area contributed by atoms with Crippen molar-refractivity contribution in [2.75, 3.05) is 5.32 Å². The zero-order valence-electron chi connectivity index (χ0n) is 9.20. The zero-order valence-corrected chi connectivity index (χ0v) is 9.20. The Bertz CT molecular complexity index is 504. The van der Waals surface area contributed by atoms with Crippen molar-refractivity contribution in [1.82, 2.24) is 0 Å². The summed E-state index contributed by atoms with van der Waals surface area (Å²) in [6.45, 7) is 3.36. The lowest BCUT2D eigenvalue weighted by Crippen LogP contribution is -2.13. The second-order valence-corrected chi connectivity index (χ2v) is 3.77. The Hall–Kier alpha value is -1.97. The van der Waals surface area contributed by atoms with Gasteiger partial charge in [0.15, 0.2) is 0 Å². The third-order valence-corrected chi connectivity index (χ3v) is 2.64. The van der Waals surface area contributed by atoms with E-state index in [0.29, 0.717) is 12.0 Å². The second kappa shape index (κ2) is 3.89. The third kappa shape index (κ3) is 1.74. The molecule has 0 aliphatic carbocycles. The van der Waals surface area contributed by atoms with Crippen LogP contribution in [0.3, 0.4) is 0 Å². The molecular formula is C12H12N2O2. The summed E-state index contributed by atoms with van der Waals surface area (Å²) in [5.41, 5.74) is 3.28. The van der Waals surface area contributed by atoms with Gasteiger partial charge in [-0.15, -0.1) is 0 Å². The van der Waals surface area contributed by atoms with Crippen molar-refractivity contribution < 1.29 is 9.59 Å². The van der Waals surface area contributed by atoms with Crippen molar-refractivity contribution in [3.63, 3.8) is 0 Å². The van der Waals surface area contributed by atoms with Crippen LogP contribution >= 0.6 is 0 Å². The maximum absolute atomic E-state index is 11.5. The molecule has 0 fully saturated rings. The quantitative estimate of drug-likeness (QED) is 0.777. The number of anilines is 1. The summed E-state index contributed by atoms with van der Waals surface area (Å²) < 4.78 is 0. The van der Waals surface area contributed by atoms with E-state index in [4.69, 9.17) is 0 Å². The molecule has 0 spiro atoms. The predicted octanol–water partition coefficient (Wildman–Crippen LogP) is 1.72. The highest BCUT2D eigenvalue weighted by Gasteiger charge is 2.17. The lowest BCUT2D eigenvalue weighted by molar-refractivity contribution is -0.114. The van der Waals surface area contributed by atoms with Crippen LogP contribution in [0, 0.1) is 6.92 Å². The lowest BCUT2D eigenvalue weighted by Gasteiger charge is -2.15. The number of benzene rings is 1. The van der Waals surface area contributed by atoms with Gasteiger partial charge in [0, 0.05) is 30.8 Å². The first-order valence-electron chi connectivity index (χ1n) is 5.06. The van der Waals surface area contributed by atoms with Crippen LogP contribution in [0.2, 0.25) is 0 Å².